The Hall–Kier alpha value is -2.81. The lowest BCUT2D eigenvalue weighted by molar-refractivity contribution is -0.118. The van der Waals surface area contributed by atoms with E-state index < -0.39 is 0 Å². The molecule has 0 radical (unpaired) electrons. The molecule has 0 aliphatic heterocycles. The van der Waals surface area contributed by atoms with Crippen LogP contribution in [0.25, 0.3) is 4.96 Å². The Balaban J connectivity index is 1.41. The lowest BCUT2D eigenvalue weighted by Crippen LogP contribution is -2.20. The van der Waals surface area contributed by atoms with Gasteiger partial charge in [0.25, 0.3) is 11.5 Å². The van der Waals surface area contributed by atoms with Gasteiger partial charge in [0.15, 0.2) is 11.6 Å². The van der Waals surface area contributed by atoms with Crippen molar-refractivity contribution in [1.29, 1.82) is 0 Å². The van der Waals surface area contributed by atoms with Crippen molar-refractivity contribution < 1.29 is 9.53 Å². The standard InChI is InChI=1S/C21H16ClN3O3S2/c22-15-5-1-3-7-17(15)28-12-19(26)24-16-6-2-4-8-18(16)30-13-14-11-20(27)25-9-10-29-21(25)23-14/h1-11H,12-13H2,(H,24,26). The molecule has 4 aromatic rings. The first-order valence-corrected chi connectivity index (χ1v) is 11.2. The van der Waals surface area contributed by atoms with Crippen molar-refractivity contribution in [3.05, 3.63) is 87.2 Å². The fraction of sp³-hybridized carbons (Fsp3) is 0.0952. The molecular formula is C21H16ClN3O3S2. The molecule has 30 heavy (non-hydrogen) atoms. The molecule has 6 nitrogen and oxygen atoms in total. The molecular weight excluding hydrogens is 442 g/mol. The number of amides is 1. The molecule has 0 aliphatic carbocycles. The summed E-state index contributed by atoms with van der Waals surface area (Å²) in [5, 5.41) is 5.14. The minimum atomic E-state index is -0.292. The van der Waals surface area contributed by atoms with E-state index in [1.165, 1.54) is 33.6 Å². The summed E-state index contributed by atoms with van der Waals surface area (Å²) in [6.45, 7) is -0.157. The maximum atomic E-state index is 12.3. The van der Waals surface area contributed by atoms with Crippen LogP contribution in [0.15, 0.2) is 75.9 Å². The Morgan fingerprint density at radius 1 is 1.20 bits per heavy atom. The molecule has 0 fully saturated rings. The first kappa shape index (κ1) is 20.5. The summed E-state index contributed by atoms with van der Waals surface area (Å²) in [6, 6.07) is 16.0. The zero-order chi connectivity index (χ0) is 20.9. The second-order valence-electron chi connectivity index (χ2n) is 6.19. The maximum absolute atomic E-state index is 12.3. The predicted octanol–water partition coefficient (Wildman–Crippen LogP) is 4.72. The van der Waals surface area contributed by atoms with Crippen LogP contribution in [-0.2, 0) is 10.5 Å². The number of rotatable bonds is 7. The SMILES string of the molecule is O=C(COc1ccccc1Cl)Nc1ccccc1SCc1cc(=O)n2ccsc2n1. The summed E-state index contributed by atoms with van der Waals surface area (Å²) in [5.74, 6) is 0.671. The third kappa shape index (κ3) is 4.84. The van der Waals surface area contributed by atoms with E-state index in [0.717, 1.165) is 4.90 Å². The van der Waals surface area contributed by atoms with Gasteiger partial charge in [-0.25, -0.2) is 4.98 Å². The first-order valence-electron chi connectivity index (χ1n) is 8.95. The number of para-hydroxylation sites is 2. The van der Waals surface area contributed by atoms with E-state index in [1.54, 1.807) is 30.5 Å². The summed E-state index contributed by atoms with van der Waals surface area (Å²) < 4.78 is 7.01. The quantitative estimate of drug-likeness (QED) is 0.406. The monoisotopic (exact) mass is 457 g/mol. The Morgan fingerprint density at radius 3 is 2.87 bits per heavy atom. The number of fused-ring (bicyclic) bond motifs is 1. The highest BCUT2D eigenvalue weighted by Crippen LogP contribution is 2.29. The third-order valence-electron chi connectivity index (χ3n) is 4.09. The second kappa shape index (κ2) is 9.34. The molecule has 0 unspecified atom stereocenters. The van der Waals surface area contributed by atoms with Crippen molar-refractivity contribution in [2.45, 2.75) is 10.6 Å². The van der Waals surface area contributed by atoms with Crippen LogP contribution in [0.1, 0.15) is 5.69 Å². The minimum absolute atomic E-state index is 0.102. The fourth-order valence-electron chi connectivity index (χ4n) is 2.70. The van der Waals surface area contributed by atoms with Crippen LogP contribution >= 0.6 is 34.7 Å². The van der Waals surface area contributed by atoms with Crippen LogP contribution in [0.4, 0.5) is 5.69 Å². The van der Waals surface area contributed by atoms with Gasteiger partial charge in [-0.15, -0.1) is 23.1 Å². The van der Waals surface area contributed by atoms with E-state index in [-0.39, 0.29) is 18.1 Å². The number of halogens is 1. The van der Waals surface area contributed by atoms with Crippen molar-refractivity contribution in [3.63, 3.8) is 0 Å². The van der Waals surface area contributed by atoms with Gasteiger partial charge < -0.3 is 10.1 Å². The molecule has 0 aliphatic rings. The predicted molar refractivity (Wildman–Crippen MR) is 121 cm³/mol. The van der Waals surface area contributed by atoms with Gasteiger partial charge in [-0.05, 0) is 24.3 Å². The smallest absolute Gasteiger partial charge is 0.262 e. The summed E-state index contributed by atoms with van der Waals surface area (Å²) >= 11 is 8.96. The molecule has 1 amide bonds. The van der Waals surface area contributed by atoms with E-state index in [9.17, 15) is 9.59 Å². The average molecular weight is 458 g/mol. The molecule has 0 saturated heterocycles. The van der Waals surface area contributed by atoms with E-state index in [1.807, 2.05) is 29.6 Å². The normalized spacial score (nSPS) is 10.8. The largest absolute Gasteiger partial charge is 0.482 e. The number of ether oxygens (including phenoxy) is 1. The summed E-state index contributed by atoms with van der Waals surface area (Å²) in [6.07, 6.45) is 1.71. The van der Waals surface area contributed by atoms with Crippen LogP contribution in [-0.4, -0.2) is 21.9 Å². The summed E-state index contributed by atoms with van der Waals surface area (Å²) in [5.41, 5.74) is 1.26. The zero-order valence-electron chi connectivity index (χ0n) is 15.6. The lowest BCUT2D eigenvalue weighted by Gasteiger charge is -2.12. The molecule has 4 rings (SSSR count). The number of carbonyl (C=O) groups excluding carboxylic acids is 1. The van der Waals surface area contributed by atoms with Gasteiger partial charge in [0.1, 0.15) is 5.75 Å². The lowest BCUT2D eigenvalue weighted by atomic mass is 10.3. The van der Waals surface area contributed by atoms with Gasteiger partial charge >= 0.3 is 0 Å². The third-order valence-corrected chi connectivity index (χ3v) is 6.26. The molecule has 0 bridgehead atoms. The van der Waals surface area contributed by atoms with Gasteiger partial charge in [-0.1, -0.05) is 35.9 Å². The molecule has 9 heteroatoms. The Bertz CT molecular complexity index is 1260. The number of anilines is 1. The number of aromatic nitrogens is 2. The molecule has 0 atom stereocenters. The Kier molecular flexibility index (Phi) is 6.37. The molecule has 2 heterocycles. The van der Waals surface area contributed by atoms with Crippen LogP contribution in [0, 0.1) is 0 Å². The van der Waals surface area contributed by atoms with Crippen LogP contribution in [0.3, 0.4) is 0 Å². The number of thiazole rings is 1. The molecule has 152 valence electrons. The average Bonchev–Trinajstić information content (AvgIpc) is 3.22. The highest BCUT2D eigenvalue weighted by Gasteiger charge is 2.10. The van der Waals surface area contributed by atoms with Crippen molar-refractivity contribution in [2.24, 2.45) is 0 Å². The number of hydrogen-bond donors (Lipinski definition) is 1. The fourth-order valence-corrected chi connectivity index (χ4v) is 4.53. The van der Waals surface area contributed by atoms with E-state index in [2.05, 4.69) is 10.3 Å². The highest BCUT2D eigenvalue weighted by atomic mass is 35.5. The van der Waals surface area contributed by atoms with E-state index in [4.69, 9.17) is 16.3 Å². The van der Waals surface area contributed by atoms with E-state index in [0.29, 0.717) is 32.9 Å². The number of nitrogens with zero attached hydrogens (tertiary/aromatic N) is 2. The van der Waals surface area contributed by atoms with Gasteiger partial charge in [-0.3, -0.25) is 14.0 Å². The number of carbonyl (C=O) groups is 1. The van der Waals surface area contributed by atoms with Gasteiger partial charge in [-0.2, -0.15) is 0 Å². The van der Waals surface area contributed by atoms with Crippen molar-refractivity contribution >= 4 is 51.3 Å². The van der Waals surface area contributed by atoms with Gasteiger partial charge in [0.05, 0.1) is 16.4 Å². The van der Waals surface area contributed by atoms with Gasteiger partial charge in [0.2, 0.25) is 0 Å². The maximum Gasteiger partial charge on any atom is 0.262 e. The van der Waals surface area contributed by atoms with Crippen LogP contribution in [0.5, 0.6) is 5.75 Å². The first-order chi connectivity index (χ1) is 14.6. The van der Waals surface area contributed by atoms with Crippen molar-refractivity contribution in [2.75, 3.05) is 11.9 Å². The Labute approximate surface area is 185 Å². The highest BCUT2D eigenvalue weighted by molar-refractivity contribution is 7.98. The molecule has 0 saturated carbocycles. The Morgan fingerprint density at radius 2 is 2.00 bits per heavy atom. The van der Waals surface area contributed by atoms with Crippen LogP contribution < -0.4 is 15.6 Å². The number of benzene rings is 2. The molecule has 2 aromatic carbocycles. The van der Waals surface area contributed by atoms with E-state index >= 15 is 0 Å². The molecule has 0 spiro atoms. The topological polar surface area (TPSA) is 72.7 Å². The van der Waals surface area contributed by atoms with Crippen LogP contribution in [0.2, 0.25) is 5.02 Å². The summed E-state index contributed by atoms with van der Waals surface area (Å²) in [7, 11) is 0. The zero-order valence-corrected chi connectivity index (χ0v) is 18.0. The molecule has 2 aromatic heterocycles. The second-order valence-corrected chi connectivity index (χ2v) is 8.49. The summed E-state index contributed by atoms with van der Waals surface area (Å²) in [4.78, 5) is 30.5. The van der Waals surface area contributed by atoms with Crippen molar-refractivity contribution in [3.8, 4) is 5.75 Å². The van der Waals surface area contributed by atoms with Gasteiger partial charge in [0, 0.05) is 28.3 Å². The number of thioether (sulfide) groups is 1. The number of hydrogen-bond acceptors (Lipinski definition) is 6. The minimum Gasteiger partial charge on any atom is -0.482 e. The number of nitrogens with one attached hydrogen (secondary N) is 1. The van der Waals surface area contributed by atoms with Crippen molar-refractivity contribution in [1.82, 2.24) is 9.38 Å². The molecule has 1 N–H and O–H groups in total.